The molecule has 0 aromatic heterocycles. The maximum atomic E-state index is 14.8. The lowest BCUT2D eigenvalue weighted by molar-refractivity contribution is -0.155. The van der Waals surface area contributed by atoms with Gasteiger partial charge in [-0.25, -0.2) is 28.3 Å². The highest BCUT2D eigenvalue weighted by molar-refractivity contribution is 7.47. The van der Waals surface area contributed by atoms with Gasteiger partial charge in [0, 0.05) is 13.1 Å². The summed E-state index contributed by atoms with van der Waals surface area (Å²) in [6, 6.07) is -7.60. The molecule has 11 amide bonds. The Bertz CT molecular complexity index is 3650. The summed E-state index contributed by atoms with van der Waals surface area (Å²) in [5, 5.41) is 87.9. The summed E-state index contributed by atoms with van der Waals surface area (Å²) in [5.74, 6) is -20.0. The molecule has 0 aliphatic carbocycles. The van der Waals surface area contributed by atoms with Gasteiger partial charge in [-0.2, -0.15) is 0 Å². The fourth-order valence-electron chi connectivity index (χ4n) is 10.5. The fraction of sp³-hybridized carbons (Fsp3) is 0.582. The number of carbonyl (C=O) groups excluding carboxylic acids is 12. The molecule has 1 fully saturated rings. The molecule has 4 unspecified atom stereocenters. The number of phosphoric ester groups is 2. The van der Waals surface area contributed by atoms with Crippen molar-refractivity contribution < 1.29 is 150 Å². The number of aliphatic carboxylic acids is 2. The van der Waals surface area contributed by atoms with E-state index in [0.29, 0.717) is 18.4 Å². The number of halogens is 1. The monoisotopic (exact) mass is 1670 g/mol. The standard InChI is InChI=1S/C67H101ClN12O31P2/c1-4-6-7-8-9-10-11-12-13-16-40(82)31-50(84)72-48-36-107-65(98)53(49(83)33-68)79-63(95)54(55(87)64(96)97)80-56(88)43(5-2)73-62(94)52(37(3)81)78-59(91)45(26-28-69)75-57(89)44(17-14-15-29-70-66(99)108-34-38-18-22-41(23-19-38)110-112(101,102)103)74-60(92)47(32-51(85)86)77-58(90)46(76-61(48)93)27-30-71-67(100)109-35-39-20-24-42(25-21-39)111-113(104,105)106/h5,18-25,37,40,44-49,52-55,81-83,87H,4,6-17,26-36,69H2,1-3H3,(H,70,99)(H,71,100)(H,72,84)(H,73,94)(H,74,92)(H,75,89)(H,76,93)(H,77,90)(H,78,91)(H,79,95)(H,80,88)(H,85,86)(H,96,97)(H2,101,102,103)(H2,104,105,106)/b43-5-/t37-,40+,44+,45+,46+,47?,48-,49+,52?,53?,54?,55+/m1/s1. The lowest BCUT2D eigenvalue weighted by Crippen LogP contribution is -2.62. The maximum absolute atomic E-state index is 14.8. The molecule has 2 aromatic rings. The number of carboxylic acids is 2. The first-order valence-electron chi connectivity index (χ1n) is 35.8. The molecule has 12 atom stereocenters. The van der Waals surface area contributed by atoms with Crippen LogP contribution in [-0.4, -0.2) is 238 Å². The Kier molecular flexibility index (Phi) is 43.6. The number of benzene rings is 2. The SMILES string of the molecule is C/C=C1\NC(=O)C([C@@H](C)O)NC(=O)[C@H](CCN)NC(=O)[C@H](CCCCNC(=O)OCc2ccc(OP(=O)(O)O)cc2)NC(=O)C(CC(=O)O)NC(=O)[C@H](CCNC(=O)OCc2ccc(OP(=O)(O)O)cc2)NC(=O)[C@H](NC(=O)C[C@@H](O)CCCCCCCCCCC)COC(=O)C([C@@H](O)CCl)NC(=O)C([C@H](O)C(=O)O)NC1=O. The van der Waals surface area contributed by atoms with Gasteiger partial charge in [0.15, 0.2) is 12.1 Å². The summed E-state index contributed by atoms with van der Waals surface area (Å²) in [5.41, 5.74) is 5.57. The minimum atomic E-state index is -4.97. The molecule has 1 aliphatic rings. The van der Waals surface area contributed by atoms with E-state index in [1.165, 1.54) is 36.4 Å². The smallest absolute Gasteiger partial charge is 0.481 e. The largest absolute Gasteiger partial charge is 0.524 e. The van der Waals surface area contributed by atoms with Crippen LogP contribution in [0.2, 0.25) is 0 Å². The highest BCUT2D eigenvalue weighted by atomic mass is 35.5. The number of nitrogens with one attached hydrogen (secondary N) is 11. The highest BCUT2D eigenvalue weighted by Gasteiger charge is 2.41. The number of aliphatic hydroxyl groups excluding tert-OH is 4. The summed E-state index contributed by atoms with van der Waals surface area (Å²) in [4.78, 5) is 230. The summed E-state index contributed by atoms with van der Waals surface area (Å²) in [6.45, 7) is 0.662. The van der Waals surface area contributed by atoms with E-state index >= 15 is 0 Å². The Morgan fingerprint density at radius 3 is 1.57 bits per heavy atom. The quantitative estimate of drug-likeness (QED) is 0.00841. The van der Waals surface area contributed by atoms with Crippen molar-refractivity contribution in [3.8, 4) is 11.5 Å². The third-order valence-electron chi connectivity index (χ3n) is 16.5. The van der Waals surface area contributed by atoms with E-state index in [0.717, 1.165) is 77.0 Å². The van der Waals surface area contributed by atoms with E-state index in [4.69, 9.17) is 51.1 Å². The number of allylic oxidation sites excluding steroid dienone is 1. The number of hydrogen-bond donors (Lipinski definition) is 22. The van der Waals surface area contributed by atoms with Gasteiger partial charge in [-0.1, -0.05) is 95.1 Å². The fourth-order valence-corrected chi connectivity index (χ4v) is 11.5. The highest BCUT2D eigenvalue weighted by Crippen LogP contribution is 2.38. The van der Waals surface area contributed by atoms with E-state index < -0.39 is 242 Å². The van der Waals surface area contributed by atoms with E-state index in [2.05, 4.69) is 63.8 Å². The zero-order valence-corrected chi connectivity index (χ0v) is 64.5. The topological polar surface area (TPSA) is 680 Å². The average molecular weight is 1670 g/mol. The van der Waals surface area contributed by atoms with Crippen LogP contribution in [0.1, 0.15) is 141 Å². The van der Waals surface area contributed by atoms with Gasteiger partial charge >= 0.3 is 45.7 Å². The molecule has 632 valence electrons. The van der Waals surface area contributed by atoms with Crippen LogP contribution in [0.4, 0.5) is 9.59 Å². The van der Waals surface area contributed by atoms with Gasteiger partial charge in [0.2, 0.25) is 47.3 Å². The van der Waals surface area contributed by atoms with E-state index in [9.17, 15) is 107 Å². The second-order valence-electron chi connectivity index (χ2n) is 25.7. The number of nitrogens with two attached hydrogens (primary N) is 1. The Morgan fingerprint density at radius 1 is 0.593 bits per heavy atom. The van der Waals surface area contributed by atoms with E-state index in [-0.39, 0.29) is 49.5 Å². The molecule has 0 radical (unpaired) electrons. The van der Waals surface area contributed by atoms with Crippen LogP contribution in [0.15, 0.2) is 60.3 Å². The molecule has 1 heterocycles. The molecule has 46 heteroatoms. The van der Waals surface area contributed by atoms with Crippen molar-refractivity contribution in [2.24, 2.45) is 5.73 Å². The van der Waals surface area contributed by atoms with Crippen molar-refractivity contribution in [2.75, 3.05) is 32.1 Å². The van der Waals surface area contributed by atoms with Crippen molar-refractivity contribution in [3.05, 3.63) is 71.4 Å². The van der Waals surface area contributed by atoms with Gasteiger partial charge in [-0.3, -0.25) is 67.5 Å². The van der Waals surface area contributed by atoms with Crippen molar-refractivity contribution in [1.29, 1.82) is 0 Å². The number of aliphatic hydroxyl groups is 4. The Balaban J connectivity index is 2.23. The Hall–Kier alpha value is -9.65. The number of esters is 1. The zero-order valence-electron chi connectivity index (χ0n) is 62.0. The van der Waals surface area contributed by atoms with Crippen LogP contribution in [-0.2, 0) is 94.1 Å². The number of rotatable bonds is 38. The number of alkyl carbamates (subject to hydrolysis) is 2. The molecule has 23 N–H and O–H groups in total. The van der Waals surface area contributed by atoms with Crippen molar-refractivity contribution in [2.45, 2.75) is 216 Å². The van der Waals surface area contributed by atoms with Crippen LogP contribution in [0.25, 0.3) is 0 Å². The molecule has 2 aromatic carbocycles. The Labute approximate surface area is 652 Å². The van der Waals surface area contributed by atoms with Gasteiger partial charge in [0.1, 0.15) is 79.3 Å². The van der Waals surface area contributed by atoms with Crippen LogP contribution in [0.5, 0.6) is 11.5 Å². The second-order valence-corrected chi connectivity index (χ2v) is 28.4. The van der Waals surface area contributed by atoms with Crippen LogP contribution in [0, 0.1) is 0 Å². The number of phosphoric acid groups is 2. The van der Waals surface area contributed by atoms with Crippen LogP contribution >= 0.6 is 27.2 Å². The number of amides is 11. The first kappa shape index (κ1) is 97.5. The number of cyclic esters (lactones) is 1. The lowest BCUT2D eigenvalue weighted by Gasteiger charge is -2.29. The van der Waals surface area contributed by atoms with Gasteiger partial charge in [-0.05, 0) is 94.3 Å². The van der Waals surface area contributed by atoms with Crippen LogP contribution < -0.4 is 73.3 Å². The molecule has 113 heavy (non-hydrogen) atoms. The molecule has 43 nitrogen and oxygen atoms in total. The van der Waals surface area contributed by atoms with Crippen molar-refractivity contribution >= 4 is 111 Å². The normalized spacial score (nSPS) is 21.1. The van der Waals surface area contributed by atoms with Crippen LogP contribution in [0.3, 0.4) is 0 Å². The second kappa shape index (κ2) is 50.5. The lowest BCUT2D eigenvalue weighted by atomic mass is 10.0. The van der Waals surface area contributed by atoms with Gasteiger partial charge in [0.05, 0.1) is 37.0 Å². The molecule has 3 rings (SSSR count). The van der Waals surface area contributed by atoms with E-state index in [1.54, 1.807) is 0 Å². The first-order valence-corrected chi connectivity index (χ1v) is 39.4. The summed E-state index contributed by atoms with van der Waals surface area (Å²) in [7, 11) is -9.85. The summed E-state index contributed by atoms with van der Waals surface area (Å²) in [6.07, 6.45) is -5.53. The molecular weight excluding hydrogens is 1570 g/mol. The third-order valence-corrected chi connectivity index (χ3v) is 17.7. The van der Waals surface area contributed by atoms with Gasteiger partial charge < -0.3 is 118 Å². The summed E-state index contributed by atoms with van der Waals surface area (Å²) < 4.78 is 47.3. The van der Waals surface area contributed by atoms with E-state index in [1.807, 2.05) is 10.6 Å². The third kappa shape index (κ3) is 38.6. The minimum Gasteiger partial charge on any atom is -0.481 e. The van der Waals surface area contributed by atoms with Crippen molar-refractivity contribution in [1.82, 2.24) is 58.5 Å². The first-order chi connectivity index (χ1) is 53.3. The molecule has 0 bridgehead atoms. The minimum absolute atomic E-state index is 0.0413. The predicted molar refractivity (Wildman–Crippen MR) is 392 cm³/mol. The Morgan fingerprint density at radius 2 is 1.07 bits per heavy atom. The van der Waals surface area contributed by atoms with Crippen molar-refractivity contribution in [3.63, 3.8) is 0 Å². The molecule has 1 aliphatic heterocycles. The zero-order chi connectivity index (χ0) is 84.5. The number of carboxylic acid groups (broad SMARTS) is 2. The molecule has 1 saturated heterocycles. The predicted octanol–water partition coefficient (Wildman–Crippen LogP) is -2.28. The number of carbonyl (C=O) groups is 14. The van der Waals surface area contributed by atoms with Gasteiger partial charge in [-0.15, -0.1) is 11.6 Å². The number of unbranched alkanes of at least 4 members (excludes halogenated alkanes) is 9. The average Bonchev–Trinajstić information content (AvgIpc) is 0.834. The number of hydrogen-bond acceptors (Lipinski definition) is 26. The molecule has 0 spiro atoms. The maximum Gasteiger partial charge on any atom is 0.524 e. The summed E-state index contributed by atoms with van der Waals surface area (Å²) >= 11 is 5.93. The van der Waals surface area contributed by atoms with Gasteiger partial charge in [0.25, 0.3) is 5.91 Å². The molecule has 0 saturated carbocycles. The number of alkyl halides is 1. The number of ether oxygens (including phenoxy) is 3. The molecular formula is C67H101ClN12O31P2.